The number of rotatable bonds is 2. The van der Waals surface area contributed by atoms with Gasteiger partial charge in [-0.25, -0.2) is 4.98 Å². The lowest BCUT2D eigenvalue weighted by Crippen LogP contribution is -2.44. The zero-order chi connectivity index (χ0) is 17.0. The van der Waals surface area contributed by atoms with Crippen molar-refractivity contribution in [2.75, 3.05) is 13.1 Å². The second-order valence-corrected chi connectivity index (χ2v) is 7.20. The molecule has 2 atom stereocenters. The van der Waals surface area contributed by atoms with Crippen LogP contribution in [-0.4, -0.2) is 44.4 Å². The Kier molecular flexibility index (Phi) is 3.00. The normalized spacial score (nSPS) is 25.0. The predicted molar refractivity (Wildman–Crippen MR) is 94.9 cm³/mol. The van der Waals surface area contributed by atoms with Crippen LogP contribution in [0.1, 0.15) is 23.3 Å². The highest BCUT2D eigenvalue weighted by molar-refractivity contribution is 5.94. The van der Waals surface area contributed by atoms with Gasteiger partial charge in [-0.2, -0.15) is 0 Å². The monoisotopic (exact) mass is 333 g/mol. The summed E-state index contributed by atoms with van der Waals surface area (Å²) in [5, 5.41) is 1.05. The topological polar surface area (TPSA) is 87.9 Å². The Bertz CT molecular complexity index is 981. The summed E-state index contributed by atoms with van der Waals surface area (Å²) >= 11 is 0. The van der Waals surface area contributed by atoms with Gasteiger partial charge >= 0.3 is 0 Å². The van der Waals surface area contributed by atoms with Crippen molar-refractivity contribution in [1.82, 2.24) is 19.9 Å². The number of aromatic amines is 1. The van der Waals surface area contributed by atoms with Crippen molar-refractivity contribution in [1.29, 1.82) is 0 Å². The van der Waals surface area contributed by atoms with Gasteiger partial charge in [0.05, 0.1) is 0 Å². The third-order valence-electron chi connectivity index (χ3n) is 5.57. The van der Waals surface area contributed by atoms with Crippen LogP contribution in [-0.2, 0) is 0 Å². The molecule has 0 radical (unpaired) electrons. The van der Waals surface area contributed by atoms with E-state index in [4.69, 9.17) is 5.73 Å². The summed E-state index contributed by atoms with van der Waals surface area (Å²) in [6.45, 7) is 1.46. The molecule has 1 amide bonds. The number of aromatic nitrogens is 3. The molecule has 6 heteroatoms. The van der Waals surface area contributed by atoms with Gasteiger partial charge in [0.2, 0.25) is 0 Å². The van der Waals surface area contributed by atoms with Gasteiger partial charge in [0.1, 0.15) is 11.3 Å². The standard InChI is InChI=1S/C19H19N5O/c20-19-3-6-24(11-15(19)9-19)18(25)16-8-12(1-4-21-16)14-7-13-2-5-22-17(13)23-10-14/h1-2,4-5,7-8,10,15H,3,6,9,11,20H2,(H,22,23). The molecule has 1 saturated carbocycles. The first-order valence-corrected chi connectivity index (χ1v) is 8.60. The maximum atomic E-state index is 12.8. The molecule has 2 aliphatic rings. The van der Waals surface area contributed by atoms with Crippen molar-refractivity contribution in [2.24, 2.45) is 11.7 Å². The number of nitrogens with two attached hydrogens (primary N) is 1. The lowest BCUT2D eigenvalue weighted by atomic mass is 10.0. The fraction of sp³-hybridized carbons (Fsp3) is 0.316. The number of amides is 1. The van der Waals surface area contributed by atoms with Gasteiger partial charge in [-0.15, -0.1) is 0 Å². The fourth-order valence-corrected chi connectivity index (χ4v) is 3.82. The van der Waals surface area contributed by atoms with Gasteiger partial charge in [0.25, 0.3) is 5.91 Å². The zero-order valence-electron chi connectivity index (χ0n) is 13.8. The summed E-state index contributed by atoms with van der Waals surface area (Å²) in [4.78, 5) is 26.5. The van der Waals surface area contributed by atoms with Crippen molar-refractivity contribution in [2.45, 2.75) is 18.4 Å². The highest BCUT2D eigenvalue weighted by Crippen LogP contribution is 2.47. The van der Waals surface area contributed by atoms with E-state index in [-0.39, 0.29) is 11.4 Å². The molecule has 0 spiro atoms. The molecule has 1 saturated heterocycles. The largest absolute Gasteiger partial charge is 0.346 e. The highest BCUT2D eigenvalue weighted by atomic mass is 16.2. The second kappa shape index (κ2) is 5.13. The smallest absolute Gasteiger partial charge is 0.272 e. The molecule has 25 heavy (non-hydrogen) atoms. The molecule has 3 N–H and O–H groups in total. The van der Waals surface area contributed by atoms with E-state index in [9.17, 15) is 4.79 Å². The summed E-state index contributed by atoms with van der Waals surface area (Å²) in [5.74, 6) is 0.445. The molecule has 2 fully saturated rings. The van der Waals surface area contributed by atoms with E-state index in [2.05, 4.69) is 21.0 Å². The fourth-order valence-electron chi connectivity index (χ4n) is 3.82. The molecule has 126 valence electrons. The molecule has 3 aromatic rings. The number of nitrogens with one attached hydrogen (secondary N) is 1. The Morgan fingerprint density at radius 3 is 3.08 bits per heavy atom. The minimum atomic E-state index is -0.0102. The van der Waals surface area contributed by atoms with Gasteiger partial charge < -0.3 is 15.6 Å². The van der Waals surface area contributed by atoms with Gasteiger partial charge in [-0.05, 0) is 48.6 Å². The lowest BCUT2D eigenvalue weighted by Gasteiger charge is -2.29. The molecule has 3 aromatic heterocycles. The van der Waals surface area contributed by atoms with E-state index in [1.165, 1.54) is 0 Å². The number of carbonyl (C=O) groups is 1. The van der Waals surface area contributed by atoms with E-state index >= 15 is 0 Å². The van der Waals surface area contributed by atoms with Crippen LogP contribution in [0.2, 0.25) is 0 Å². The molecule has 1 aliphatic carbocycles. The lowest BCUT2D eigenvalue weighted by molar-refractivity contribution is 0.0703. The quantitative estimate of drug-likeness (QED) is 0.752. The minimum Gasteiger partial charge on any atom is -0.346 e. The first-order valence-electron chi connectivity index (χ1n) is 8.60. The maximum absolute atomic E-state index is 12.8. The third kappa shape index (κ3) is 2.41. The Morgan fingerprint density at radius 2 is 2.20 bits per heavy atom. The van der Waals surface area contributed by atoms with E-state index in [1.54, 1.807) is 6.20 Å². The van der Waals surface area contributed by atoms with Crippen molar-refractivity contribution in [3.05, 3.63) is 48.5 Å². The Labute approximate surface area is 145 Å². The number of pyridine rings is 2. The number of nitrogens with zero attached hydrogens (tertiary/aromatic N) is 3. The van der Waals surface area contributed by atoms with Crippen LogP contribution < -0.4 is 5.73 Å². The first-order chi connectivity index (χ1) is 12.1. The van der Waals surface area contributed by atoms with E-state index in [0.29, 0.717) is 18.2 Å². The van der Waals surface area contributed by atoms with Gasteiger partial charge in [0, 0.05) is 48.2 Å². The van der Waals surface area contributed by atoms with Gasteiger partial charge in [0.15, 0.2) is 0 Å². The van der Waals surface area contributed by atoms with E-state index in [1.807, 2.05) is 35.5 Å². The molecular formula is C19H19N5O. The molecular weight excluding hydrogens is 314 g/mol. The number of likely N-dealkylation sites (tertiary alicyclic amines) is 1. The summed E-state index contributed by atoms with van der Waals surface area (Å²) in [6.07, 6.45) is 7.30. The molecule has 1 aliphatic heterocycles. The van der Waals surface area contributed by atoms with Crippen LogP contribution in [0.3, 0.4) is 0 Å². The zero-order valence-corrected chi connectivity index (χ0v) is 13.8. The van der Waals surface area contributed by atoms with Gasteiger partial charge in [-0.3, -0.25) is 9.78 Å². The number of H-pyrrole nitrogens is 1. The molecule has 2 unspecified atom stereocenters. The molecule has 4 heterocycles. The SMILES string of the molecule is NC12CCN(C(=O)c3cc(-c4cnc5[nH]ccc5c4)ccn3)CC1C2. The van der Waals surface area contributed by atoms with E-state index in [0.717, 1.165) is 41.5 Å². The minimum absolute atomic E-state index is 0.00789. The van der Waals surface area contributed by atoms with Crippen molar-refractivity contribution in [3.63, 3.8) is 0 Å². The van der Waals surface area contributed by atoms with E-state index < -0.39 is 0 Å². The van der Waals surface area contributed by atoms with Crippen molar-refractivity contribution in [3.8, 4) is 11.1 Å². The Morgan fingerprint density at radius 1 is 1.28 bits per heavy atom. The van der Waals surface area contributed by atoms with Crippen LogP contribution in [0.5, 0.6) is 0 Å². The molecule has 5 rings (SSSR count). The average Bonchev–Trinajstić information content (AvgIpc) is 3.10. The van der Waals surface area contributed by atoms with Gasteiger partial charge in [-0.1, -0.05) is 0 Å². The average molecular weight is 333 g/mol. The number of carbonyl (C=O) groups excluding carboxylic acids is 1. The predicted octanol–water partition coefficient (Wildman–Crippen LogP) is 2.19. The number of fused-ring (bicyclic) bond motifs is 2. The Hall–Kier alpha value is -2.73. The highest BCUT2D eigenvalue weighted by Gasteiger charge is 2.54. The van der Waals surface area contributed by atoms with Crippen LogP contribution in [0, 0.1) is 5.92 Å². The summed E-state index contributed by atoms with van der Waals surface area (Å²) in [6, 6.07) is 7.82. The summed E-state index contributed by atoms with van der Waals surface area (Å²) in [7, 11) is 0. The van der Waals surface area contributed by atoms with Crippen LogP contribution >= 0.6 is 0 Å². The van der Waals surface area contributed by atoms with Crippen LogP contribution in [0.25, 0.3) is 22.2 Å². The van der Waals surface area contributed by atoms with Crippen LogP contribution in [0.4, 0.5) is 0 Å². The Balaban J connectivity index is 1.43. The third-order valence-corrected chi connectivity index (χ3v) is 5.57. The molecule has 0 bridgehead atoms. The molecule has 6 nitrogen and oxygen atoms in total. The maximum Gasteiger partial charge on any atom is 0.272 e. The summed E-state index contributed by atoms with van der Waals surface area (Å²) < 4.78 is 0. The van der Waals surface area contributed by atoms with Crippen LogP contribution in [0.15, 0.2) is 42.9 Å². The first kappa shape index (κ1) is 14.6. The van der Waals surface area contributed by atoms with Crippen molar-refractivity contribution < 1.29 is 4.79 Å². The molecule has 0 aromatic carbocycles. The second-order valence-electron chi connectivity index (χ2n) is 7.20. The number of hydrogen-bond acceptors (Lipinski definition) is 4. The number of piperidine rings is 1. The van der Waals surface area contributed by atoms with Crippen molar-refractivity contribution >= 4 is 16.9 Å². The number of hydrogen-bond donors (Lipinski definition) is 2. The summed E-state index contributed by atoms with van der Waals surface area (Å²) in [5.41, 5.74) is 9.48.